The van der Waals surface area contributed by atoms with E-state index in [0.29, 0.717) is 5.76 Å². The van der Waals surface area contributed by atoms with Gasteiger partial charge in [-0.3, -0.25) is 4.79 Å². The molecule has 86 valence electrons. The van der Waals surface area contributed by atoms with E-state index in [1.165, 1.54) is 13.2 Å². The van der Waals surface area contributed by atoms with Crippen LogP contribution in [0.4, 0.5) is 0 Å². The molecule has 1 unspecified atom stereocenters. The molecule has 1 rings (SSSR count). The van der Waals surface area contributed by atoms with Gasteiger partial charge in [-0.1, -0.05) is 5.16 Å². The van der Waals surface area contributed by atoms with E-state index >= 15 is 0 Å². The zero-order chi connectivity index (χ0) is 12.0. The third-order valence-electron chi connectivity index (χ3n) is 1.85. The van der Waals surface area contributed by atoms with Crippen molar-refractivity contribution in [2.75, 3.05) is 7.11 Å². The molecule has 0 aromatic carbocycles. The van der Waals surface area contributed by atoms with Crippen LogP contribution < -0.4 is 5.32 Å². The monoisotopic (exact) mass is 223 g/mol. The van der Waals surface area contributed by atoms with Gasteiger partial charge in [-0.15, -0.1) is 0 Å². The fourth-order valence-electron chi connectivity index (χ4n) is 1.12. The predicted octanol–water partition coefficient (Wildman–Crippen LogP) is 0.853. The molecule has 1 aromatic heterocycles. The predicted molar refractivity (Wildman–Crippen MR) is 54.4 cm³/mol. The van der Waals surface area contributed by atoms with Crippen molar-refractivity contribution in [3.8, 4) is 6.07 Å². The van der Waals surface area contributed by atoms with Gasteiger partial charge in [-0.2, -0.15) is 5.26 Å². The zero-order valence-corrected chi connectivity index (χ0v) is 9.19. The van der Waals surface area contributed by atoms with Gasteiger partial charge in [0.05, 0.1) is 12.5 Å². The topological polar surface area (TPSA) is 88.1 Å². The number of carbonyl (C=O) groups excluding carboxylic acids is 1. The maximum absolute atomic E-state index is 11.6. The molecule has 0 aliphatic carbocycles. The molecule has 0 radical (unpaired) electrons. The summed E-state index contributed by atoms with van der Waals surface area (Å²) in [7, 11) is 1.53. The standard InChI is InChI=1S/C10H13N3O3/c1-7(3-4-11)12-10(14)9-5-8(6-15-2)16-13-9/h5,7H,3,6H2,1-2H3,(H,12,14). The van der Waals surface area contributed by atoms with Crippen LogP contribution in [0.5, 0.6) is 0 Å². The molecule has 0 bridgehead atoms. The Labute approximate surface area is 93.2 Å². The average molecular weight is 223 g/mol. The number of hydrogen-bond acceptors (Lipinski definition) is 5. The molecule has 0 fully saturated rings. The first-order valence-electron chi connectivity index (χ1n) is 4.79. The second kappa shape index (κ2) is 5.88. The number of rotatable bonds is 5. The van der Waals surface area contributed by atoms with Crippen molar-refractivity contribution in [2.45, 2.75) is 26.0 Å². The van der Waals surface area contributed by atoms with E-state index in [2.05, 4.69) is 10.5 Å². The molecule has 0 saturated carbocycles. The van der Waals surface area contributed by atoms with Gasteiger partial charge >= 0.3 is 0 Å². The molecule has 1 amide bonds. The van der Waals surface area contributed by atoms with E-state index in [9.17, 15) is 4.79 Å². The quantitative estimate of drug-likeness (QED) is 0.799. The van der Waals surface area contributed by atoms with Crippen LogP contribution in [-0.4, -0.2) is 24.2 Å². The number of methoxy groups -OCH3 is 1. The Balaban J connectivity index is 2.56. The van der Waals surface area contributed by atoms with Crippen LogP contribution in [0, 0.1) is 11.3 Å². The third kappa shape index (κ3) is 3.37. The molecule has 1 atom stereocenters. The van der Waals surface area contributed by atoms with E-state index in [-0.39, 0.29) is 30.7 Å². The molecule has 0 aliphatic heterocycles. The lowest BCUT2D eigenvalue weighted by atomic mass is 10.2. The Morgan fingerprint density at radius 1 is 1.81 bits per heavy atom. The van der Waals surface area contributed by atoms with Crippen molar-refractivity contribution in [1.82, 2.24) is 10.5 Å². The van der Waals surface area contributed by atoms with Crippen molar-refractivity contribution in [3.63, 3.8) is 0 Å². The number of hydrogen-bond donors (Lipinski definition) is 1. The molecule has 0 aliphatic rings. The van der Waals surface area contributed by atoms with Crippen LogP contribution in [0.2, 0.25) is 0 Å². The first-order chi connectivity index (χ1) is 7.67. The van der Waals surface area contributed by atoms with Crippen molar-refractivity contribution in [2.24, 2.45) is 0 Å². The normalized spacial score (nSPS) is 11.8. The van der Waals surface area contributed by atoms with Gasteiger partial charge in [0.2, 0.25) is 0 Å². The average Bonchev–Trinajstić information content (AvgIpc) is 2.67. The number of nitriles is 1. The Bertz CT molecular complexity index is 394. The third-order valence-corrected chi connectivity index (χ3v) is 1.85. The fourth-order valence-corrected chi connectivity index (χ4v) is 1.12. The van der Waals surface area contributed by atoms with Crippen LogP contribution in [-0.2, 0) is 11.3 Å². The first-order valence-corrected chi connectivity index (χ1v) is 4.79. The first kappa shape index (κ1) is 12.2. The lowest BCUT2D eigenvalue weighted by Crippen LogP contribution is -2.32. The second-order valence-corrected chi connectivity index (χ2v) is 3.35. The summed E-state index contributed by atoms with van der Waals surface area (Å²) >= 11 is 0. The minimum atomic E-state index is -0.353. The largest absolute Gasteiger partial charge is 0.377 e. The highest BCUT2D eigenvalue weighted by Crippen LogP contribution is 2.05. The van der Waals surface area contributed by atoms with Gasteiger partial charge in [0.15, 0.2) is 11.5 Å². The van der Waals surface area contributed by atoms with Crippen LogP contribution in [0.25, 0.3) is 0 Å². The van der Waals surface area contributed by atoms with Crippen molar-refractivity contribution < 1.29 is 14.1 Å². The van der Waals surface area contributed by atoms with E-state index in [1.54, 1.807) is 6.92 Å². The highest BCUT2D eigenvalue weighted by Gasteiger charge is 2.14. The lowest BCUT2D eigenvalue weighted by Gasteiger charge is -2.07. The Hall–Kier alpha value is -1.87. The molecule has 6 heteroatoms. The van der Waals surface area contributed by atoms with Gasteiger partial charge in [0.1, 0.15) is 6.61 Å². The molecular weight excluding hydrogens is 210 g/mol. The summed E-state index contributed by atoms with van der Waals surface area (Å²) in [6.45, 7) is 2.02. The Kier molecular flexibility index (Phi) is 4.48. The van der Waals surface area contributed by atoms with Gasteiger partial charge in [-0.25, -0.2) is 0 Å². The van der Waals surface area contributed by atoms with Crippen molar-refractivity contribution in [1.29, 1.82) is 5.26 Å². The molecule has 1 heterocycles. The van der Waals surface area contributed by atoms with Gasteiger partial charge in [0.25, 0.3) is 5.91 Å². The molecule has 1 N–H and O–H groups in total. The Morgan fingerprint density at radius 3 is 3.19 bits per heavy atom. The summed E-state index contributed by atoms with van der Waals surface area (Å²) in [5, 5.41) is 14.7. The minimum absolute atomic E-state index is 0.192. The molecule has 1 aromatic rings. The molecular formula is C10H13N3O3. The van der Waals surface area contributed by atoms with Gasteiger partial charge in [-0.05, 0) is 6.92 Å². The Morgan fingerprint density at radius 2 is 2.56 bits per heavy atom. The lowest BCUT2D eigenvalue weighted by molar-refractivity contribution is 0.0931. The maximum atomic E-state index is 11.6. The smallest absolute Gasteiger partial charge is 0.273 e. The van der Waals surface area contributed by atoms with E-state index in [1.807, 2.05) is 6.07 Å². The van der Waals surface area contributed by atoms with Crippen molar-refractivity contribution >= 4 is 5.91 Å². The molecule has 0 spiro atoms. The highest BCUT2D eigenvalue weighted by atomic mass is 16.5. The van der Waals surface area contributed by atoms with E-state index < -0.39 is 0 Å². The SMILES string of the molecule is COCc1cc(C(=O)NC(C)CC#N)no1. The summed E-state index contributed by atoms with van der Waals surface area (Å²) in [4.78, 5) is 11.6. The summed E-state index contributed by atoms with van der Waals surface area (Å²) < 4.78 is 9.70. The van der Waals surface area contributed by atoms with Crippen LogP contribution in [0.1, 0.15) is 29.6 Å². The van der Waals surface area contributed by atoms with Crippen LogP contribution >= 0.6 is 0 Å². The molecule has 16 heavy (non-hydrogen) atoms. The van der Waals surface area contributed by atoms with Crippen molar-refractivity contribution in [3.05, 3.63) is 17.5 Å². The summed E-state index contributed by atoms with van der Waals surface area (Å²) in [6.07, 6.45) is 0.258. The number of aromatic nitrogens is 1. The van der Waals surface area contributed by atoms with E-state index in [0.717, 1.165) is 0 Å². The number of carbonyl (C=O) groups is 1. The summed E-state index contributed by atoms with van der Waals surface area (Å²) in [5.41, 5.74) is 0.192. The number of ether oxygens (including phenoxy) is 1. The van der Waals surface area contributed by atoms with Gasteiger partial charge < -0.3 is 14.6 Å². The molecule has 0 saturated heterocycles. The maximum Gasteiger partial charge on any atom is 0.273 e. The second-order valence-electron chi connectivity index (χ2n) is 3.35. The van der Waals surface area contributed by atoms with E-state index in [4.69, 9.17) is 14.5 Å². The summed E-state index contributed by atoms with van der Waals surface area (Å²) in [5.74, 6) is 0.134. The number of nitrogens with one attached hydrogen (secondary N) is 1. The minimum Gasteiger partial charge on any atom is -0.377 e. The fraction of sp³-hybridized carbons (Fsp3) is 0.500. The van der Waals surface area contributed by atoms with Gasteiger partial charge in [0, 0.05) is 19.2 Å². The highest BCUT2D eigenvalue weighted by molar-refractivity contribution is 5.92. The number of amides is 1. The van der Waals surface area contributed by atoms with Crippen LogP contribution in [0.3, 0.4) is 0 Å². The number of nitrogens with zero attached hydrogens (tertiary/aromatic N) is 2. The molecule has 6 nitrogen and oxygen atoms in total. The zero-order valence-electron chi connectivity index (χ0n) is 9.19. The summed E-state index contributed by atoms with van der Waals surface area (Å²) in [6, 6.07) is 3.27. The van der Waals surface area contributed by atoms with Crippen LogP contribution in [0.15, 0.2) is 10.6 Å².